The molecular formula is C23H18N6OS2. The molecule has 4 aromatic rings. The molecule has 0 spiro atoms. The van der Waals surface area contributed by atoms with Crippen molar-refractivity contribution in [3.8, 4) is 17.1 Å². The van der Waals surface area contributed by atoms with Gasteiger partial charge in [0.2, 0.25) is 5.82 Å². The number of thioether (sulfide) groups is 1. The Labute approximate surface area is 194 Å². The summed E-state index contributed by atoms with van der Waals surface area (Å²) >= 11 is 6.81. The van der Waals surface area contributed by atoms with Crippen LogP contribution in [0.1, 0.15) is 17.0 Å². The van der Waals surface area contributed by atoms with Gasteiger partial charge in [0.15, 0.2) is 4.32 Å². The smallest absolute Gasteiger partial charge is 0.270 e. The quantitative estimate of drug-likeness (QED) is 0.353. The molecule has 1 aliphatic rings. The van der Waals surface area contributed by atoms with Crippen LogP contribution in [0.25, 0.3) is 23.2 Å². The number of nitrogens with zero attached hydrogens (tertiary/aromatic N) is 5. The Morgan fingerprint density at radius 3 is 2.56 bits per heavy atom. The molecule has 0 atom stereocenters. The molecule has 1 fully saturated rings. The lowest BCUT2D eigenvalue weighted by Crippen LogP contribution is -2.27. The maximum Gasteiger partial charge on any atom is 0.270 e. The average Bonchev–Trinajstić information content (AvgIpc) is 3.49. The number of hydrogen-bond donors (Lipinski definition) is 1. The topological polar surface area (TPSA) is 79.7 Å². The number of anilines is 1. The van der Waals surface area contributed by atoms with Gasteiger partial charge in [0.25, 0.3) is 5.91 Å². The van der Waals surface area contributed by atoms with Gasteiger partial charge in [-0.25, -0.2) is 0 Å². The molecule has 2 aromatic heterocycles. The molecule has 5 rings (SSSR count). The molecule has 0 bridgehead atoms. The summed E-state index contributed by atoms with van der Waals surface area (Å²) in [6, 6.07) is 19.5. The van der Waals surface area contributed by atoms with Gasteiger partial charge >= 0.3 is 0 Å². The van der Waals surface area contributed by atoms with Crippen molar-refractivity contribution in [3.63, 3.8) is 0 Å². The summed E-state index contributed by atoms with van der Waals surface area (Å²) in [5.41, 5.74) is 5.69. The monoisotopic (exact) mass is 458 g/mol. The molecule has 1 amide bonds. The van der Waals surface area contributed by atoms with Crippen LogP contribution in [0.15, 0.2) is 65.6 Å². The lowest BCUT2D eigenvalue weighted by atomic mass is 10.2. The van der Waals surface area contributed by atoms with Crippen LogP contribution in [0.3, 0.4) is 0 Å². The summed E-state index contributed by atoms with van der Waals surface area (Å²) in [6.45, 7) is 4.08. The molecule has 9 heteroatoms. The van der Waals surface area contributed by atoms with E-state index in [-0.39, 0.29) is 5.91 Å². The van der Waals surface area contributed by atoms with Gasteiger partial charge in [-0.1, -0.05) is 54.3 Å². The Morgan fingerprint density at radius 1 is 1.03 bits per heavy atom. The minimum absolute atomic E-state index is 0.102. The van der Waals surface area contributed by atoms with Crippen LogP contribution in [-0.2, 0) is 4.79 Å². The number of thiocarbonyl (C=S) groups is 1. The third kappa shape index (κ3) is 3.55. The lowest BCUT2D eigenvalue weighted by Gasteiger charge is -2.13. The summed E-state index contributed by atoms with van der Waals surface area (Å²) in [6.07, 6.45) is 1.92. The molecule has 32 heavy (non-hydrogen) atoms. The van der Waals surface area contributed by atoms with Crippen LogP contribution in [0, 0.1) is 13.8 Å². The zero-order valence-corrected chi connectivity index (χ0v) is 18.9. The fraction of sp³-hybridized carbons (Fsp3) is 0.0870. The van der Waals surface area contributed by atoms with Gasteiger partial charge in [0.1, 0.15) is 0 Å². The fourth-order valence-electron chi connectivity index (χ4n) is 3.81. The number of H-pyrrole nitrogens is 1. The van der Waals surface area contributed by atoms with Crippen molar-refractivity contribution in [1.29, 1.82) is 0 Å². The minimum atomic E-state index is -0.102. The molecule has 7 nitrogen and oxygen atoms in total. The fourth-order valence-corrected chi connectivity index (χ4v) is 5.10. The number of benzene rings is 2. The van der Waals surface area contributed by atoms with E-state index in [0.717, 1.165) is 33.9 Å². The van der Waals surface area contributed by atoms with E-state index in [0.29, 0.717) is 15.1 Å². The number of carbonyl (C=O) groups is 1. The highest BCUT2D eigenvalue weighted by Crippen LogP contribution is 2.37. The molecule has 0 saturated carbocycles. The third-order valence-corrected chi connectivity index (χ3v) is 6.58. The summed E-state index contributed by atoms with van der Waals surface area (Å²) in [5, 5.41) is 14.3. The van der Waals surface area contributed by atoms with Gasteiger partial charge in [0, 0.05) is 22.6 Å². The number of para-hydroxylation sites is 1. The van der Waals surface area contributed by atoms with Crippen LogP contribution < -0.4 is 4.90 Å². The van der Waals surface area contributed by atoms with E-state index in [9.17, 15) is 4.79 Å². The highest BCUT2D eigenvalue weighted by atomic mass is 32.2. The predicted molar refractivity (Wildman–Crippen MR) is 131 cm³/mol. The number of rotatable bonds is 4. The number of carbonyl (C=O) groups excluding carboxylic acids is 1. The minimum Gasteiger partial charge on any atom is -0.318 e. The highest BCUT2D eigenvalue weighted by molar-refractivity contribution is 8.27. The SMILES string of the molecule is Cc1cc(/C=C2\SC(=S)N(c3ccccc3)C2=O)c(C)n1-c1cccc(-c2nn[nH]n2)c1. The molecule has 1 aliphatic heterocycles. The molecule has 2 aromatic carbocycles. The zero-order chi connectivity index (χ0) is 22.2. The lowest BCUT2D eigenvalue weighted by molar-refractivity contribution is -0.113. The Morgan fingerprint density at radius 2 is 1.81 bits per heavy atom. The van der Waals surface area contributed by atoms with E-state index in [1.54, 1.807) is 4.90 Å². The van der Waals surface area contributed by atoms with Gasteiger partial charge in [-0.3, -0.25) is 9.69 Å². The number of hydrogen-bond acceptors (Lipinski definition) is 6. The largest absolute Gasteiger partial charge is 0.318 e. The summed E-state index contributed by atoms with van der Waals surface area (Å²) < 4.78 is 2.68. The number of aromatic amines is 1. The molecule has 0 radical (unpaired) electrons. The van der Waals surface area contributed by atoms with Gasteiger partial charge in [-0.15, -0.1) is 10.2 Å². The van der Waals surface area contributed by atoms with Crippen molar-refractivity contribution < 1.29 is 4.79 Å². The number of aromatic nitrogens is 5. The van der Waals surface area contributed by atoms with E-state index in [2.05, 4.69) is 31.3 Å². The number of tetrazole rings is 1. The van der Waals surface area contributed by atoms with E-state index in [4.69, 9.17) is 12.2 Å². The second-order valence-corrected chi connectivity index (χ2v) is 8.98. The molecule has 1 saturated heterocycles. The first kappa shape index (κ1) is 20.3. The van der Waals surface area contributed by atoms with Crippen LogP contribution in [0.5, 0.6) is 0 Å². The number of nitrogens with one attached hydrogen (secondary N) is 1. The second kappa shape index (κ2) is 8.18. The van der Waals surface area contributed by atoms with E-state index in [1.807, 2.05) is 74.5 Å². The van der Waals surface area contributed by atoms with Gasteiger partial charge in [0.05, 0.1) is 10.6 Å². The highest BCUT2D eigenvalue weighted by Gasteiger charge is 2.33. The first-order valence-corrected chi connectivity index (χ1v) is 11.1. The van der Waals surface area contributed by atoms with Gasteiger partial charge in [-0.2, -0.15) is 5.21 Å². The van der Waals surface area contributed by atoms with Crippen LogP contribution >= 0.6 is 24.0 Å². The standard InChI is InChI=1S/C23H18N6OS2/c1-14-11-17(13-20-22(30)29(23(31)32-20)18-8-4-3-5-9-18)15(2)28(14)19-10-6-7-16(12-19)21-24-26-27-25-21/h3-13H,1-2H3,(H,24,25,26,27)/b20-13-. The Bertz CT molecular complexity index is 1360. The maximum atomic E-state index is 13.1. The summed E-state index contributed by atoms with van der Waals surface area (Å²) in [7, 11) is 0. The Balaban J connectivity index is 1.50. The first-order chi connectivity index (χ1) is 15.5. The average molecular weight is 459 g/mol. The molecular weight excluding hydrogens is 440 g/mol. The van der Waals surface area contributed by atoms with Crippen LogP contribution in [-0.4, -0.2) is 35.4 Å². The van der Waals surface area contributed by atoms with E-state index < -0.39 is 0 Å². The molecule has 1 N–H and O–H groups in total. The Kier molecular flexibility index (Phi) is 5.20. The normalized spacial score (nSPS) is 15.2. The predicted octanol–water partition coefficient (Wildman–Crippen LogP) is 4.68. The van der Waals surface area contributed by atoms with E-state index in [1.165, 1.54) is 11.8 Å². The van der Waals surface area contributed by atoms with Crippen LogP contribution in [0.2, 0.25) is 0 Å². The van der Waals surface area contributed by atoms with Crippen LogP contribution in [0.4, 0.5) is 5.69 Å². The first-order valence-electron chi connectivity index (χ1n) is 9.89. The van der Waals surface area contributed by atoms with Crippen molar-refractivity contribution in [3.05, 3.63) is 82.5 Å². The van der Waals surface area contributed by atoms with Crippen molar-refractivity contribution >= 4 is 46.0 Å². The Hall–Kier alpha value is -3.56. The third-order valence-electron chi connectivity index (χ3n) is 5.27. The zero-order valence-electron chi connectivity index (χ0n) is 17.3. The second-order valence-electron chi connectivity index (χ2n) is 7.30. The summed E-state index contributed by atoms with van der Waals surface area (Å²) in [4.78, 5) is 15.3. The number of aryl methyl sites for hydroxylation is 1. The number of amides is 1. The van der Waals surface area contributed by atoms with Crippen molar-refractivity contribution in [2.45, 2.75) is 13.8 Å². The maximum absolute atomic E-state index is 13.1. The summed E-state index contributed by atoms with van der Waals surface area (Å²) in [5.74, 6) is 0.439. The van der Waals surface area contributed by atoms with E-state index >= 15 is 0 Å². The van der Waals surface area contributed by atoms with Crippen molar-refractivity contribution in [2.24, 2.45) is 0 Å². The van der Waals surface area contributed by atoms with Crippen molar-refractivity contribution in [1.82, 2.24) is 25.2 Å². The molecule has 0 unspecified atom stereocenters. The van der Waals surface area contributed by atoms with Gasteiger partial charge in [-0.05, 0) is 61.0 Å². The molecule has 158 valence electrons. The molecule has 3 heterocycles. The van der Waals surface area contributed by atoms with Gasteiger partial charge < -0.3 is 4.57 Å². The van der Waals surface area contributed by atoms with Crippen molar-refractivity contribution in [2.75, 3.05) is 4.90 Å². The molecule has 0 aliphatic carbocycles.